The summed E-state index contributed by atoms with van der Waals surface area (Å²) in [5, 5.41) is 0. The molecule has 0 radical (unpaired) electrons. The highest BCUT2D eigenvalue weighted by molar-refractivity contribution is 5.79. The van der Waals surface area contributed by atoms with E-state index in [0.29, 0.717) is 119 Å². The summed E-state index contributed by atoms with van der Waals surface area (Å²) < 4.78 is 53.9. The van der Waals surface area contributed by atoms with Gasteiger partial charge in [0.25, 0.3) is 0 Å². The van der Waals surface area contributed by atoms with Crippen molar-refractivity contribution in [2.24, 2.45) is 0 Å². The first-order valence-electron chi connectivity index (χ1n) is 16.9. The second-order valence-electron chi connectivity index (χ2n) is 11.0. The van der Waals surface area contributed by atoms with E-state index in [-0.39, 0.29) is 24.4 Å². The molecule has 49 heavy (non-hydrogen) atoms. The van der Waals surface area contributed by atoms with Gasteiger partial charge in [0, 0.05) is 19.5 Å². The van der Waals surface area contributed by atoms with Crippen LogP contribution in [0.3, 0.4) is 0 Å². The molecule has 0 fully saturated rings. The number of fused-ring (bicyclic) bond motifs is 3. The molecule has 13 nitrogen and oxygen atoms in total. The molecule has 0 aromatic heterocycles. The maximum atomic E-state index is 12.6. The maximum Gasteiger partial charge on any atom is 0.409 e. The topological polar surface area (TPSA) is 130 Å². The largest absolute Gasteiger partial charge is 0.469 e. The Balaban J connectivity index is 1.02. The van der Waals surface area contributed by atoms with E-state index in [9.17, 15) is 9.59 Å². The Kier molecular flexibility index (Phi) is 21.2. The minimum atomic E-state index is -0.367. The number of methoxy groups -OCH3 is 1. The fourth-order valence-electron chi connectivity index (χ4n) is 4.90. The molecule has 0 N–H and O–H groups in total. The first-order chi connectivity index (χ1) is 24.1. The lowest BCUT2D eigenvalue weighted by atomic mass is 9.98. The van der Waals surface area contributed by atoms with Crippen LogP contribution in [-0.4, -0.2) is 150 Å². The lowest BCUT2D eigenvalue weighted by Crippen LogP contribution is -2.32. The molecule has 0 saturated heterocycles. The van der Waals surface area contributed by atoms with Gasteiger partial charge in [-0.05, 0) is 22.3 Å². The average Bonchev–Trinajstić information content (AvgIpc) is 3.45. The summed E-state index contributed by atoms with van der Waals surface area (Å²) in [6, 6.07) is 16.6. The third-order valence-corrected chi connectivity index (χ3v) is 7.50. The van der Waals surface area contributed by atoms with E-state index in [0.717, 1.165) is 0 Å². The molecule has 2 aromatic carbocycles. The molecular formula is C36H53NO12. The van der Waals surface area contributed by atoms with E-state index in [4.69, 9.17) is 42.6 Å². The van der Waals surface area contributed by atoms with Crippen molar-refractivity contribution in [1.29, 1.82) is 0 Å². The Morgan fingerprint density at radius 2 is 0.918 bits per heavy atom. The van der Waals surface area contributed by atoms with Crippen LogP contribution in [0.5, 0.6) is 0 Å². The van der Waals surface area contributed by atoms with E-state index in [1.807, 2.05) is 24.3 Å². The molecule has 0 unspecified atom stereocenters. The third kappa shape index (κ3) is 16.4. The van der Waals surface area contributed by atoms with Crippen molar-refractivity contribution < 1.29 is 57.0 Å². The van der Waals surface area contributed by atoms with Gasteiger partial charge in [-0.25, -0.2) is 4.79 Å². The fraction of sp³-hybridized carbons (Fsp3) is 0.611. The summed E-state index contributed by atoms with van der Waals surface area (Å²) in [4.78, 5) is 25.1. The van der Waals surface area contributed by atoms with Crippen molar-refractivity contribution >= 4 is 12.1 Å². The second kappa shape index (κ2) is 25.8. The number of esters is 1. The van der Waals surface area contributed by atoms with Gasteiger partial charge in [0.15, 0.2) is 0 Å². The van der Waals surface area contributed by atoms with Crippen LogP contribution in [0.1, 0.15) is 23.5 Å². The van der Waals surface area contributed by atoms with Gasteiger partial charge in [0.1, 0.15) is 6.61 Å². The number of amides is 1. The number of benzene rings is 2. The van der Waals surface area contributed by atoms with Crippen molar-refractivity contribution in [3.05, 3.63) is 59.7 Å². The van der Waals surface area contributed by atoms with Crippen molar-refractivity contribution in [1.82, 2.24) is 4.90 Å². The molecule has 1 aliphatic carbocycles. The van der Waals surface area contributed by atoms with Crippen LogP contribution < -0.4 is 0 Å². The first kappa shape index (κ1) is 40.3. The monoisotopic (exact) mass is 691 g/mol. The zero-order valence-electron chi connectivity index (χ0n) is 29.0. The SMILES string of the molecule is COC(=O)CCOCCOCCOCCOCCOCCOCCOCCOCCN(C)C(=O)OCC1c2ccccc2-c2ccccc21. The van der Waals surface area contributed by atoms with E-state index >= 15 is 0 Å². The summed E-state index contributed by atoms with van der Waals surface area (Å²) in [6.07, 6.45) is -0.127. The van der Waals surface area contributed by atoms with Crippen LogP contribution >= 0.6 is 0 Å². The highest BCUT2D eigenvalue weighted by atomic mass is 16.6. The third-order valence-electron chi connectivity index (χ3n) is 7.50. The fourth-order valence-corrected chi connectivity index (χ4v) is 4.90. The number of hydrogen-bond acceptors (Lipinski definition) is 12. The molecule has 0 bridgehead atoms. The Labute approximate surface area is 289 Å². The lowest BCUT2D eigenvalue weighted by Gasteiger charge is -2.19. The lowest BCUT2D eigenvalue weighted by molar-refractivity contribution is -0.141. The molecule has 0 atom stereocenters. The Bertz CT molecular complexity index is 1140. The van der Waals surface area contributed by atoms with Gasteiger partial charge in [-0.1, -0.05) is 48.5 Å². The molecule has 0 saturated carbocycles. The molecule has 13 heteroatoms. The number of rotatable bonds is 29. The molecule has 0 heterocycles. The van der Waals surface area contributed by atoms with Crippen LogP contribution in [0, 0.1) is 0 Å². The van der Waals surface area contributed by atoms with E-state index in [1.165, 1.54) is 34.3 Å². The number of carbonyl (C=O) groups is 2. The summed E-state index contributed by atoms with van der Waals surface area (Å²) in [7, 11) is 3.06. The Hall–Kier alpha value is -3.14. The van der Waals surface area contributed by atoms with Crippen molar-refractivity contribution in [3.63, 3.8) is 0 Å². The van der Waals surface area contributed by atoms with Crippen LogP contribution in [-0.2, 0) is 52.2 Å². The number of ether oxygens (including phenoxy) is 10. The molecule has 3 rings (SSSR count). The second-order valence-corrected chi connectivity index (χ2v) is 11.0. The van der Waals surface area contributed by atoms with Gasteiger partial charge < -0.3 is 52.3 Å². The van der Waals surface area contributed by atoms with Gasteiger partial charge in [-0.3, -0.25) is 4.79 Å². The van der Waals surface area contributed by atoms with Gasteiger partial charge in [-0.2, -0.15) is 0 Å². The van der Waals surface area contributed by atoms with Gasteiger partial charge in [0.05, 0.1) is 119 Å². The zero-order valence-corrected chi connectivity index (χ0v) is 29.0. The average molecular weight is 692 g/mol. The predicted octanol–water partition coefficient (Wildman–Crippen LogP) is 3.56. The van der Waals surface area contributed by atoms with Crippen LogP contribution in [0.2, 0.25) is 0 Å². The normalized spacial score (nSPS) is 12.1. The standard InChI is InChI=1S/C36H53NO12/c1-37(36(39)49-29-34-32-9-5-3-7-30(32)31-8-4-6-10-33(31)34)12-14-42-16-18-44-20-22-46-24-26-48-28-27-47-25-23-45-21-19-43-17-15-41-13-11-35(38)40-2/h3-10,34H,11-29H2,1-2H3. The molecular weight excluding hydrogens is 638 g/mol. The zero-order chi connectivity index (χ0) is 34.8. The summed E-state index contributed by atoms with van der Waals surface area (Å²) in [5.41, 5.74) is 4.79. The van der Waals surface area contributed by atoms with E-state index in [1.54, 1.807) is 7.05 Å². The first-order valence-corrected chi connectivity index (χ1v) is 16.9. The molecule has 274 valence electrons. The Morgan fingerprint density at radius 3 is 1.33 bits per heavy atom. The number of carbonyl (C=O) groups excluding carboxylic acids is 2. The van der Waals surface area contributed by atoms with Crippen molar-refractivity contribution in [2.45, 2.75) is 12.3 Å². The number of nitrogens with zero attached hydrogens (tertiary/aromatic N) is 1. The minimum absolute atomic E-state index is 0.0373. The van der Waals surface area contributed by atoms with Crippen LogP contribution in [0.4, 0.5) is 4.79 Å². The molecule has 0 spiro atoms. The number of likely N-dealkylation sites (N-methyl/N-ethyl adjacent to an activating group) is 1. The molecule has 0 aliphatic heterocycles. The molecule has 1 amide bonds. The van der Waals surface area contributed by atoms with E-state index < -0.39 is 0 Å². The van der Waals surface area contributed by atoms with Crippen molar-refractivity contribution in [2.75, 3.05) is 133 Å². The van der Waals surface area contributed by atoms with Crippen molar-refractivity contribution in [3.8, 4) is 11.1 Å². The molecule has 2 aromatic rings. The quantitative estimate of drug-likeness (QED) is 0.0914. The van der Waals surface area contributed by atoms with Crippen LogP contribution in [0.15, 0.2) is 48.5 Å². The minimum Gasteiger partial charge on any atom is -0.469 e. The van der Waals surface area contributed by atoms with E-state index in [2.05, 4.69) is 29.0 Å². The van der Waals surface area contributed by atoms with Crippen LogP contribution in [0.25, 0.3) is 11.1 Å². The highest BCUT2D eigenvalue weighted by Gasteiger charge is 2.29. The summed E-state index contributed by atoms with van der Waals surface area (Å²) in [6.45, 7) is 7.90. The smallest absolute Gasteiger partial charge is 0.409 e. The molecule has 1 aliphatic rings. The Morgan fingerprint density at radius 1 is 0.551 bits per heavy atom. The maximum absolute atomic E-state index is 12.6. The van der Waals surface area contributed by atoms with Gasteiger partial charge in [-0.15, -0.1) is 0 Å². The highest BCUT2D eigenvalue weighted by Crippen LogP contribution is 2.44. The predicted molar refractivity (Wildman–Crippen MR) is 181 cm³/mol. The number of hydrogen-bond donors (Lipinski definition) is 0. The van der Waals surface area contributed by atoms with Gasteiger partial charge in [0.2, 0.25) is 0 Å². The van der Waals surface area contributed by atoms with Gasteiger partial charge >= 0.3 is 12.1 Å². The summed E-state index contributed by atoms with van der Waals surface area (Å²) >= 11 is 0. The summed E-state index contributed by atoms with van der Waals surface area (Å²) in [5.74, 6) is -0.252.